The Morgan fingerprint density at radius 3 is 2.91 bits per heavy atom. The molecule has 0 spiro atoms. The van der Waals surface area contributed by atoms with E-state index >= 15 is 0 Å². The zero-order valence-electron chi connectivity index (χ0n) is 13.4. The minimum atomic E-state index is -1.03. The van der Waals surface area contributed by atoms with Gasteiger partial charge in [0.25, 0.3) is 5.91 Å². The van der Waals surface area contributed by atoms with Gasteiger partial charge in [-0.05, 0) is 25.8 Å². The van der Waals surface area contributed by atoms with Crippen molar-refractivity contribution in [3.63, 3.8) is 0 Å². The van der Waals surface area contributed by atoms with Gasteiger partial charge in [-0.3, -0.25) is 4.79 Å². The summed E-state index contributed by atoms with van der Waals surface area (Å²) < 4.78 is 12.5. The smallest absolute Gasteiger partial charge is 0.337 e. The van der Waals surface area contributed by atoms with E-state index < -0.39 is 5.97 Å². The maximum absolute atomic E-state index is 13.0. The molecule has 1 aromatic rings. The van der Waals surface area contributed by atoms with Crippen LogP contribution >= 0.6 is 0 Å². The van der Waals surface area contributed by atoms with Crippen molar-refractivity contribution in [2.24, 2.45) is 0 Å². The molecular weight excluding hydrogens is 300 g/mol. The lowest BCUT2D eigenvalue weighted by atomic mass is 10.1. The van der Waals surface area contributed by atoms with Crippen LogP contribution < -0.4 is 0 Å². The van der Waals surface area contributed by atoms with Crippen LogP contribution in [-0.4, -0.2) is 58.9 Å². The number of rotatable bonds is 4. The molecule has 23 heavy (non-hydrogen) atoms. The number of hydrogen-bond acceptors (Lipinski definition) is 4. The first-order chi connectivity index (χ1) is 11.0. The predicted molar refractivity (Wildman–Crippen MR) is 81.6 cm³/mol. The van der Waals surface area contributed by atoms with E-state index in [1.54, 1.807) is 11.7 Å². The van der Waals surface area contributed by atoms with E-state index in [9.17, 15) is 14.7 Å². The zero-order valence-corrected chi connectivity index (χ0v) is 13.4. The molecule has 3 rings (SSSR count). The quantitative estimate of drug-likeness (QED) is 0.905. The summed E-state index contributed by atoms with van der Waals surface area (Å²) in [5.41, 5.74) is 1.17. The summed E-state index contributed by atoms with van der Waals surface area (Å²) in [6.07, 6.45) is 1.80. The number of hydrogen-bond donors (Lipinski definition) is 1. The van der Waals surface area contributed by atoms with Crippen LogP contribution in [0.1, 0.15) is 46.3 Å². The second-order valence-electron chi connectivity index (χ2n) is 6.05. The first-order valence-electron chi connectivity index (χ1n) is 7.91. The second kappa shape index (κ2) is 6.33. The molecule has 1 amide bonds. The fourth-order valence-corrected chi connectivity index (χ4v) is 3.52. The van der Waals surface area contributed by atoms with Crippen molar-refractivity contribution in [1.82, 2.24) is 9.47 Å². The van der Waals surface area contributed by atoms with Gasteiger partial charge in [-0.15, -0.1) is 0 Å². The van der Waals surface area contributed by atoms with Crippen molar-refractivity contribution in [3.05, 3.63) is 23.0 Å². The lowest BCUT2D eigenvalue weighted by molar-refractivity contribution is 0.0340. The Morgan fingerprint density at radius 1 is 1.43 bits per heavy atom. The maximum atomic E-state index is 13.0. The van der Waals surface area contributed by atoms with Gasteiger partial charge >= 0.3 is 5.97 Å². The average Bonchev–Trinajstić information content (AvgIpc) is 3.18. The lowest BCUT2D eigenvalue weighted by Crippen LogP contribution is -2.43. The van der Waals surface area contributed by atoms with Crippen LogP contribution in [0.5, 0.6) is 0 Å². The zero-order chi connectivity index (χ0) is 16.6. The summed E-state index contributed by atoms with van der Waals surface area (Å²) >= 11 is 0. The Labute approximate surface area is 134 Å². The number of fused-ring (bicyclic) bond motifs is 1. The SMILES string of the molecule is CO[C@H](C)C1CCCN1C(=O)c1cc(C(=O)O)c2n1CCOC2. The van der Waals surface area contributed by atoms with Gasteiger partial charge < -0.3 is 24.0 Å². The van der Waals surface area contributed by atoms with Gasteiger partial charge in [0, 0.05) is 20.2 Å². The average molecular weight is 322 g/mol. The number of nitrogens with zero attached hydrogens (tertiary/aromatic N) is 2. The minimum absolute atomic E-state index is 0.0340. The topological polar surface area (TPSA) is 81.0 Å². The van der Waals surface area contributed by atoms with E-state index in [1.165, 1.54) is 6.07 Å². The molecule has 2 atom stereocenters. The van der Waals surface area contributed by atoms with Crippen LogP contribution in [0, 0.1) is 0 Å². The number of amides is 1. The molecule has 1 aromatic heterocycles. The summed E-state index contributed by atoms with van der Waals surface area (Å²) in [6.45, 7) is 3.85. The van der Waals surface area contributed by atoms with E-state index in [1.807, 2.05) is 11.8 Å². The maximum Gasteiger partial charge on any atom is 0.337 e. The van der Waals surface area contributed by atoms with Crippen molar-refractivity contribution in [1.29, 1.82) is 0 Å². The number of carbonyl (C=O) groups is 2. The highest BCUT2D eigenvalue weighted by Gasteiger charge is 2.36. The summed E-state index contributed by atoms with van der Waals surface area (Å²) in [5, 5.41) is 9.37. The fourth-order valence-electron chi connectivity index (χ4n) is 3.52. The Hall–Kier alpha value is -1.86. The highest BCUT2D eigenvalue weighted by Crippen LogP contribution is 2.27. The van der Waals surface area contributed by atoms with Gasteiger partial charge in [-0.1, -0.05) is 0 Å². The number of carbonyl (C=O) groups excluding carboxylic acids is 1. The first kappa shape index (κ1) is 16.0. The molecular formula is C16H22N2O5. The Bertz CT molecular complexity index is 624. The van der Waals surface area contributed by atoms with Crippen LogP contribution in [0.2, 0.25) is 0 Å². The molecule has 7 heteroatoms. The molecule has 7 nitrogen and oxygen atoms in total. The predicted octanol–water partition coefficient (Wildman–Crippen LogP) is 1.36. The molecule has 0 radical (unpaired) electrons. The van der Waals surface area contributed by atoms with Gasteiger partial charge in [0.05, 0.1) is 36.6 Å². The first-order valence-corrected chi connectivity index (χ1v) is 7.91. The number of likely N-dealkylation sites (tertiary alicyclic amines) is 1. The molecule has 0 aromatic carbocycles. The molecule has 2 aliphatic heterocycles. The fraction of sp³-hybridized carbons (Fsp3) is 0.625. The number of aromatic nitrogens is 1. The van der Waals surface area contributed by atoms with Crippen LogP contribution in [-0.2, 0) is 22.6 Å². The van der Waals surface area contributed by atoms with E-state index in [2.05, 4.69) is 0 Å². The molecule has 1 unspecified atom stereocenters. The van der Waals surface area contributed by atoms with E-state index in [0.717, 1.165) is 12.8 Å². The monoisotopic (exact) mass is 322 g/mol. The van der Waals surface area contributed by atoms with E-state index in [4.69, 9.17) is 9.47 Å². The molecule has 1 saturated heterocycles. The third-order valence-electron chi connectivity index (χ3n) is 4.83. The number of carboxylic acid groups (broad SMARTS) is 1. The molecule has 126 valence electrons. The van der Waals surface area contributed by atoms with Crippen molar-refractivity contribution in [3.8, 4) is 0 Å². The molecule has 0 saturated carbocycles. The van der Waals surface area contributed by atoms with Crippen LogP contribution in [0.25, 0.3) is 0 Å². The lowest BCUT2D eigenvalue weighted by Gasteiger charge is -2.29. The van der Waals surface area contributed by atoms with Gasteiger partial charge in [-0.2, -0.15) is 0 Å². The third-order valence-corrected chi connectivity index (χ3v) is 4.83. The normalized spacial score (nSPS) is 22.0. The van der Waals surface area contributed by atoms with Gasteiger partial charge in [-0.25, -0.2) is 4.79 Å². The van der Waals surface area contributed by atoms with Gasteiger partial charge in [0.1, 0.15) is 5.69 Å². The molecule has 1 N–H and O–H groups in total. The second-order valence-corrected chi connectivity index (χ2v) is 6.05. The Morgan fingerprint density at radius 2 is 2.22 bits per heavy atom. The summed E-state index contributed by atoms with van der Waals surface area (Å²) in [6, 6.07) is 1.52. The highest BCUT2D eigenvalue weighted by atomic mass is 16.5. The summed E-state index contributed by atoms with van der Waals surface area (Å²) in [4.78, 5) is 26.3. The summed E-state index contributed by atoms with van der Waals surface area (Å²) in [7, 11) is 1.64. The van der Waals surface area contributed by atoms with E-state index in [0.29, 0.717) is 31.1 Å². The highest BCUT2D eigenvalue weighted by molar-refractivity contribution is 5.98. The van der Waals surface area contributed by atoms with Crippen molar-refractivity contribution >= 4 is 11.9 Å². The Balaban J connectivity index is 1.95. The molecule has 2 aliphatic rings. The molecule has 3 heterocycles. The van der Waals surface area contributed by atoms with Crippen molar-refractivity contribution in [2.75, 3.05) is 20.3 Å². The number of methoxy groups -OCH3 is 1. The number of ether oxygens (including phenoxy) is 2. The van der Waals surface area contributed by atoms with Crippen LogP contribution in [0.4, 0.5) is 0 Å². The molecule has 0 aliphatic carbocycles. The Kier molecular flexibility index (Phi) is 4.41. The van der Waals surface area contributed by atoms with E-state index in [-0.39, 0.29) is 30.2 Å². The minimum Gasteiger partial charge on any atom is -0.478 e. The number of carboxylic acids is 1. The standard InChI is InChI=1S/C16H22N2O5/c1-10(22-2)12-4-3-5-18(12)15(19)13-8-11(16(20)21)14-9-23-7-6-17(13)14/h8,10,12H,3-7,9H2,1-2H3,(H,20,21)/t10-,12?/m1/s1. The van der Waals surface area contributed by atoms with Gasteiger partial charge in [0.15, 0.2) is 0 Å². The molecule has 0 bridgehead atoms. The largest absolute Gasteiger partial charge is 0.478 e. The third kappa shape index (κ3) is 2.74. The van der Waals surface area contributed by atoms with Crippen LogP contribution in [0.3, 0.4) is 0 Å². The van der Waals surface area contributed by atoms with Crippen LogP contribution in [0.15, 0.2) is 6.07 Å². The van der Waals surface area contributed by atoms with Crippen molar-refractivity contribution < 1.29 is 24.2 Å². The summed E-state index contributed by atoms with van der Waals surface area (Å²) in [5.74, 6) is -1.14. The van der Waals surface area contributed by atoms with Gasteiger partial charge in [0.2, 0.25) is 0 Å². The number of aromatic carboxylic acids is 1. The molecule has 1 fully saturated rings. The van der Waals surface area contributed by atoms with Crippen molar-refractivity contribution in [2.45, 2.75) is 45.1 Å².